The summed E-state index contributed by atoms with van der Waals surface area (Å²) in [5.74, 6) is -0.778. The Balaban J connectivity index is 2.61. The van der Waals surface area contributed by atoms with Crippen molar-refractivity contribution in [3.8, 4) is 6.07 Å². The first-order valence-corrected chi connectivity index (χ1v) is 7.40. The molecule has 2 amide bonds. The summed E-state index contributed by atoms with van der Waals surface area (Å²) in [7, 11) is 0. The van der Waals surface area contributed by atoms with E-state index in [0.29, 0.717) is 6.42 Å². The molecule has 0 aliphatic rings. The fourth-order valence-corrected chi connectivity index (χ4v) is 1.88. The van der Waals surface area contributed by atoms with E-state index in [1.165, 1.54) is 0 Å². The zero-order valence-corrected chi connectivity index (χ0v) is 13.0. The predicted molar refractivity (Wildman–Crippen MR) is 86.6 cm³/mol. The number of hydrogen-bond acceptors (Lipinski definition) is 4. The smallest absolute Gasteiger partial charge is 0.407 e. The lowest BCUT2D eigenvalue weighted by molar-refractivity contribution is -0.122. The van der Waals surface area contributed by atoms with E-state index in [4.69, 9.17) is 10.00 Å². The van der Waals surface area contributed by atoms with E-state index in [2.05, 4.69) is 17.2 Å². The molecule has 0 bridgehead atoms. The van der Waals surface area contributed by atoms with Crippen molar-refractivity contribution in [2.45, 2.75) is 18.8 Å². The van der Waals surface area contributed by atoms with Crippen molar-refractivity contribution in [2.24, 2.45) is 0 Å². The van der Waals surface area contributed by atoms with Crippen LogP contribution in [0.3, 0.4) is 0 Å². The Morgan fingerprint density at radius 1 is 1.30 bits per heavy atom. The molecule has 1 aromatic rings. The maximum Gasteiger partial charge on any atom is 0.407 e. The van der Waals surface area contributed by atoms with Gasteiger partial charge in [0.25, 0.3) is 0 Å². The first kappa shape index (κ1) is 18.2. The lowest BCUT2D eigenvalue weighted by Gasteiger charge is -2.17. The van der Waals surface area contributed by atoms with Crippen LogP contribution < -0.4 is 10.6 Å². The summed E-state index contributed by atoms with van der Waals surface area (Å²) < 4.78 is 4.95. The van der Waals surface area contributed by atoms with Gasteiger partial charge in [-0.2, -0.15) is 5.26 Å². The second-order valence-electron chi connectivity index (χ2n) is 4.76. The molecule has 0 radical (unpaired) electrons. The Labute approximate surface area is 136 Å². The highest BCUT2D eigenvalue weighted by molar-refractivity contribution is 5.84. The summed E-state index contributed by atoms with van der Waals surface area (Å²) in [4.78, 5) is 23.9. The average molecular weight is 315 g/mol. The quantitative estimate of drug-likeness (QED) is 0.539. The molecule has 0 aromatic heterocycles. The summed E-state index contributed by atoms with van der Waals surface area (Å²) in [6.45, 7) is 4.19. The van der Waals surface area contributed by atoms with Crippen LogP contribution in [0.5, 0.6) is 0 Å². The normalized spacial score (nSPS) is 10.9. The molecule has 0 saturated heterocycles. The van der Waals surface area contributed by atoms with Gasteiger partial charge in [0, 0.05) is 13.1 Å². The highest BCUT2D eigenvalue weighted by atomic mass is 16.5. The first-order valence-electron chi connectivity index (χ1n) is 7.40. The minimum Gasteiger partial charge on any atom is -0.449 e. The Bertz CT molecular complexity index is 552. The van der Waals surface area contributed by atoms with Crippen LogP contribution in [0.2, 0.25) is 0 Å². The highest BCUT2D eigenvalue weighted by Crippen LogP contribution is 2.15. The average Bonchev–Trinajstić information content (AvgIpc) is 2.56. The van der Waals surface area contributed by atoms with Crippen molar-refractivity contribution < 1.29 is 14.3 Å². The number of ether oxygens (including phenoxy) is 1. The number of nitrogens with zero attached hydrogens (tertiary/aromatic N) is 1. The van der Waals surface area contributed by atoms with Crippen LogP contribution in [-0.2, 0) is 9.53 Å². The Hall–Kier alpha value is -2.81. The number of alkyl carbamates (subject to hydrolysis) is 1. The zero-order valence-electron chi connectivity index (χ0n) is 13.0. The van der Waals surface area contributed by atoms with Crippen molar-refractivity contribution in [3.05, 3.63) is 48.6 Å². The van der Waals surface area contributed by atoms with Crippen LogP contribution in [0.15, 0.2) is 43.0 Å². The molecule has 0 spiro atoms. The molecule has 122 valence electrons. The van der Waals surface area contributed by atoms with Gasteiger partial charge in [-0.05, 0) is 12.0 Å². The van der Waals surface area contributed by atoms with Gasteiger partial charge in [0.15, 0.2) is 0 Å². The van der Waals surface area contributed by atoms with Crippen LogP contribution in [0.4, 0.5) is 4.79 Å². The summed E-state index contributed by atoms with van der Waals surface area (Å²) in [6, 6.07) is 11.1. The third-order valence-electron chi connectivity index (χ3n) is 3.06. The highest BCUT2D eigenvalue weighted by Gasteiger charge is 2.21. The molecular formula is C17H21N3O3. The molecule has 6 heteroatoms. The van der Waals surface area contributed by atoms with E-state index in [-0.39, 0.29) is 32.0 Å². The number of rotatable bonds is 9. The van der Waals surface area contributed by atoms with Gasteiger partial charge in [0.1, 0.15) is 0 Å². The van der Waals surface area contributed by atoms with Crippen molar-refractivity contribution in [2.75, 3.05) is 19.7 Å². The van der Waals surface area contributed by atoms with Crippen molar-refractivity contribution in [3.63, 3.8) is 0 Å². The number of nitriles is 1. The van der Waals surface area contributed by atoms with Crippen molar-refractivity contribution in [1.82, 2.24) is 10.6 Å². The van der Waals surface area contributed by atoms with Gasteiger partial charge >= 0.3 is 6.09 Å². The summed E-state index contributed by atoms with van der Waals surface area (Å²) in [5, 5.41) is 13.8. The second kappa shape index (κ2) is 10.9. The molecule has 2 N–H and O–H groups in total. The summed E-state index contributed by atoms with van der Waals surface area (Å²) in [5.41, 5.74) is 0.786. The standard InChI is InChI=1S/C17H21N3O3/c1-2-3-12-23-17(22)20-13-15(14-8-5-4-6-9-14)16(21)19-11-7-10-18/h2,4-6,8-9,15H,1,3,7,11-13H2,(H,19,21)(H,20,22). The van der Waals surface area contributed by atoms with Gasteiger partial charge in [0.05, 0.1) is 25.0 Å². The zero-order chi connectivity index (χ0) is 16.9. The van der Waals surface area contributed by atoms with E-state index in [1.807, 2.05) is 36.4 Å². The van der Waals surface area contributed by atoms with Crippen molar-refractivity contribution in [1.29, 1.82) is 5.26 Å². The Morgan fingerprint density at radius 2 is 2.04 bits per heavy atom. The maximum atomic E-state index is 12.3. The predicted octanol–water partition coefficient (Wildman–Crippen LogP) is 2.10. The van der Waals surface area contributed by atoms with Gasteiger partial charge in [0.2, 0.25) is 5.91 Å². The van der Waals surface area contributed by atoms with E-state index >= 15 is 0 Å². The van der Waals surface area contributed by atoms with Crippen LogP contribution in [0.25, 0.3) is 0 Å². The number of amides is 2. The molecule has 1 unspecified atom stereocenters. The molecular weight excluding hydrogens is 294 g/mol. The maximum absolute atomic E-state index is 12.3. The van der Waals surface area contributed by atoms with Crippen LogP contribution in [0, 0.1) is 11.3 Å². The lowest BCUT2D eigenvalue weighted by Crippen LogP contribution is -2.38. The van der Waals surface area contributed by atoms with Gasteiger partial charge in [-0.25, -0.2) is 4.79 Å². The first-order chi connectivity index (χ1) is 11.2. The third kappa shape index (κ3) is 7.14. The largest absolute Gasteiger partial charge is 0.449 e. The number of nitrogens with one attached hydrogen (secondary N) is 2. The van der Waals surface area contributed by atoms with Gasteiger partial charge < -0.3 is 15.4 Å². The molecule has 1 atom stereocenters. The second-order valence-corrected chi connectivity index (χ2v) is 4.76. The molecule has 1 rings (SSSR count). The van der Waals surface area contributed by atoms with Gasteiger partial charge in [-0.15, -0.1) is 6.58 Å². The topological polar surface area (TPSA) is 91.2 Å². The molecule has 0 saturated carbocycles. The van der Waals surface area contributed by atoms with Crippen LogP contribution >= 0.6 is 0 Å². The molecule has 0 aliphatic carbocycles. The molecule has 0 heterocycles. The SMILES string of the molecule is C=CCCOC(=O)NCC(C(=O)NCCC#N)c1ccccc1. The Kier molecular flexibility index (Phi) is 8.61. The number of hydrogen-bond donors (Lipinski definition) is 2. The fourth-order valence-electron chi connectivity index (χ4n) is 1.88. The minimum absolute atomic E-state index is 0.120. The Morgan fingerprint density at radius 3 is 2.70 bits per heavy atom. The molecule has 6 nitrogen and oxygen atoms in total. The summed E-state index contributed by atoms with van der Waals surface area (Å²) in [6.07, 6.45) is 1.90. The van der Waals surface area contributed by atoms with E-state index < -0.39 is 12.0 Å². The number of carbonyl (C=O) groups excluding carboxylic acids is 2. The summed E-state index contributed by atoms with van der Waals surface area (Å²) >= 11 is 0. The van der Waals surface area contributed by atoms with E-state index in [0.717, 1.165) is 5.56 Å². The number of carbonyl (C=O) groups is 2. The number of benzene rings is 1. The van der Waals surface area contributed by atoms with E-state index in [1.54, 1.807) is 6.08 Å². The van der Waals surface area contributed by atoms with Crippen LogP contribution in [0.1, 0.15) is 24.3 Å². The van der Waals surface area contributed by atoms with Gasteiger partial charge in [-0.3, -0.25) is 4.79 Å². The van der Waals surface area contributed by atoms with Gasteiger partial charge in [-0.1, -0.05) is 36.4 Å². The minimum atomic E-state index is -0.572. The third-order valence-corrected chi connectivity index (χ3v) is 3.06. The monoisotopic (exact) mass is 315 g/mol. The fraction of sp³-hybridized carbons (Fsp3) is 0.353. The van der Waals surface area contributed by atoms with Crippen molar-refractivity contribution >= 4 is 12.0 Å². The molecule has 1 aromatic carbocycles. The lowest BCUT2D eigenvalue weighted by atomic mass is 9.98. The van der Waals surface area contributed by atoms with E-state index in [9.17, 15) is 9.59 Å². The molecule has 0 fully saturated rings. The van der Waals surface area contributed by atoms with Crippen LogP contribution in [-0.4, -0.2) is 31.7 Å². The molecule has 23 heavy (non-hydrogen) atoms. The molecule has 0 aliphatic heterocycles.